The number of aromatic nitrogens is 2. The van der Waals surface area contributed by atoms with Crippen molar-refractivity contribution in [3.63, 3.8) is 0 Å². The van der Waals surface area contributed by atoms with E-state index in [1.165, 1.54) is 25.7 Å². The van der Waals surface area contributed by atoms with Crippen LogP contribution < -0.4 is 10.1 Å². The van der Waals surface area contributed by atoms with Gasteiger partial charge in [0.25, 0.3) is 0 Å². The molecule has 1 aromatic carbocycles. The topological polar surface area (TPSA) is 76.5 Å². The Balaban J connectivity index is 1.23. The van der Waals surface area contributed by atoms with Crippen molar-refractivity contribution >= 4 is 17.6 Å². The molecule has 1 aliphatic heterocycles. The Morgan fingerprint density at radius 2 is 1.77 bits per heavy atom. The number of nitrogens with one attached hydrogen (secondary N) is 1. The highest BCUT2D eigenvalue weighted by Gasteiger charge is 2.27. The van der Waals surface area contributed by atoms with Crippen LogP contribution >= 0.6 is 0 Å². The summed E-state index contributed by atoms with van der Waals surface area (Å²) >= 11 is 0. The Labute approximate surface area is 183 Å². The van der Waals surface area contributed by atoms with E-state index < -0.39 is 0 Å². The molecule has 1 N–H and O–H groups in total. The minimum absolute atomic E-state index is 0.0955. The number of ether oxygens (including phenoxy) is 1. The Morgan fingerprint density at radius 1 is 1.03 bits per heavy atom. The van der Waals surface area contributed by atoms with Crippen molar-refractivity contribution in [2.24, 2.45) is 5.92 Å². The first-order valence-corrected chi connectivity index (χ1v) is 11.5. The lowest BCUT2D eigenvalue weighted by Crippen LogP contribution is -2.40. The summed E-state index contributed by atoms with van der Waals surface area (Å²) in [7, 11) is 0. The minimum atomic E-state index is -0.0955. The lowest BCUT2D eigenvalue weighted by Gasteiger charge is -2.33. The van der Waals surface area contributed by atoms with Crippen LogP contribution in [-0.2, 0) is 9.59 Å². The van der Waals surface area contributed by atoms with Crippen LogP contribution in [-0.4, -0.2) is 46.2 Å². The highest BCUT2D eigenvalue weighted by atomic mass is 16.5. The maximum atomic E-state index is 12.6. The number of hydrogen-bond donors (Lipinski definition) is 1. The van der Waals surface area contributed by atoms with Crippen molar-refractivity contribution < 1.29 is 14.3 Å². The van der Waals surface area contributed by atoms with Crippen LogP contribution in [0.4, 0.5) is 5.82 Å². The average Bonchev–Trinajstić information content (AvgIpc) is 3.47. The second-order valence-corrected chi connectivity index (χ2v) is 8.59. The monoisotopic (exact) mass is 424 g/mol. The first-order valence-electron chi connectivity index (χ1n) is 11.5. The molecule has 2 amide bonds. The second kappa shape index (κ2) is 10.5. The molecule has 1 saturated heterocycles. The van der Waals surface area contributed by atoms with Gasteiger partial charge in [0.1, 0.15) is 11.6 Å². The molecule has 1 saturated carbocycles. The molecular weight excluding hydrogens is 392 g/mol. The van der Waals surface area contributed by atoms with Gasteiger partial charge in [-0.25, -0.2) is 4.68 Å². The number of benzene rings is 1. The summed E-state index contributed by atoms with van der Waals surface area (Å²) in [5.74, 6) is 2.26. The van der Waals surface area contributed by atoms with E-state index in [9.17, 15) is 9.59 Å². The zero-order valence-corrected chi connectivity index (χ0v) is 18.0. The van der Waals surface area contributed by atoms with Gasteiger partial charge >= 0.3 is 0 Å². The van der Waals surface area contributed by atoms with Gasteiger partial charge in [-0.2, -0.15) is 5.10 Å². The van der Waals surface area contributed by atoms with Crippen LogP contribution in [0.1, 0.15) is 57.4 Å². The molecule has 2 fully saturated rings. The maximum Gasteiger partial charge on any atom is 0.228 e. The third kappa shape index (κ3) is 5.87. The third-order valence-electron chi connectivity index (χ3n) is 6.38. The largest absolute Gasteiger partial charge is 0.493 e. The fourth-order valence-corrected chi connectivity index (χ4v) is 4.64. The van der Waals surface area contributed by atoms with Gasteiger partial charge in [0.05, 0.1) is 25.3 Å². The summed E-state index contributed by atoms with van der Waals surface area (Å²) in [6, 6.07) is 11.5. The Bertz CT molecular complexity index is 853. The van der Waals surface area contributed by atoms with Crippen molar-refractivity contribution in [1.29, 1.82) is 0 Å². The fraction of sp³-hybridized carbons (Fsp3) is 0.542. The molecule has 0 spiro atoms. The van der Waals surface area contributed by atoms with E-state index >= 15 is 0 Å². The molecule has 2 heterocycles. The normalized spacial score (nSPS) is 17.6. The number of likely N-dealkylation sites (tertiary alicyclic amines) is 1. The summed E-state index contributed by atoms with van der Waals surface area (Å²) in [6.45, 7) is 1.84. The van der Waals surface area contributed by atoms with E-state index in [2.05, 4.69) is 10.4 Å². The van der Waals surface area contributed by atoms with Crippen LogP contribution in [0, 0.1) is 5.92 Å². The summed E-state index contributed by atoms with van der Waals surface area (Å²) in [6.07, 6.45) is 9.36. The molecule has 1 aliphatic carbocycles. The average molecular weight is 425 g/mol. The molecule has 0 radical (unpaired) electrons. The number of carbonyl (C=O) groups is 2. The fourth-order valence-electron chi connectivity index (χ4n) is 4.64. The maximum absolute atomic E-state index is 12.6. The molecule has 31 heavy (non-hydrogen) atoms. The van der Waals surface area contributed by atoms with Gasteiger partial charge in [0, 0.05) is 25.6 Å². The van der Waals surface area contributed by atoms with Gasteiger partial charge in [-0.3, -0.25) is 9.59 Å². The van der Waals surface area contributed by atoms with Crippen LogP contribution in [0.25, 0.3) is 0 Å². The van der Waals surface area contributed by atoms with Crippen LogP contribution in [0.3, 0.4) is 0 Å². The predicted molar refractivity (Wildman–Crippen MR) is 119 cm³/mol. The number of rotatable bonds is 8. The molecule has 4 rings (SSSR count). The zero-order valence-electron chi connectivity index (χ0n) is 18.0. The summed E-state index contributed by atoms with van der Waals surface area (Å²) in [5.41, 5.74) is 0. The van der Waals surface area contributed by atoms with E-state index in [0.29, 0.717) is 30.7 Å². The van der Waals surface area contributed by atoms with Gasteiger partial charge in [0.15, 0.2) is 0 Å². The number of amides is 2. The Hall–Kier alpha value is -2.83. The minimum Gasteiger partial charge on any atom is -0.493 e. The number of para-hydroxylation sites is 1. The summed E-state index contributed by atoms with van der Waals surface area (Å²) in [4.78, 5) is 27.0. The summed E-state index contributed by atoms with van der Waals surface area (Å²) < 4.78 is 7.50. The highest BCUT2D eigenvalue weighted by molar-refractivity contribution is 5.89. The number of nitrogens with zero attached hydrogens (tertiary/aromatic N) is 3. The van der Waals surface area contributed by atoms with Crippen LogP contribution in [0.2, 0.25) is 0 Å². The molecule has 7 heteroatoms. The lowest BCUT2D eigenvalue weighted by molar-refractivity contribution is -0.133. The second-order valence-electron chi connectivity index (χ2n) is 8.59. The van der Waals surface area contributed by atoms with Crippen molar-refractivity contribution in [3.05, 3.63) is 42.6 Å². The van der Waals surface area contributed by atoms with Gasteiger partial charge in [-0.15, -0.1) is 0 Å². The third-order valence-corrected chi connectivity index (χ3v) is 6.38. The predicted octanol–water partition coefficient (Wildman–Crippen LogP) is 4.03. The Morgan fingerprint density at radius 3 is 2.52 bits per heavy atom. The van der Waals surface area contributed by atoms with Crippen LogP contribution in [0.5, 0.6) is 5.75 Å². The number of hydrogen-bond acceptors (Lipinski definition) is 4. The van der Waals surface area contributed by atoms with E-state index in [1.54, 1.807) is 6.20 Å². The standard InChI is InChI=1S/C24H32N4O3/c29-23(13-17-31-21-8-2-1-3-9-21)26-22-10-14-25-28(22)20-11-15-27(16-12-20)24(30)18-19-6-4-5-7-19/h1-3,8-10,14,19-20H,4-7,11-13,15-18H2,(H,26,29). The molecule has 2 aromatic rings. The SMILES string of the molecule is O=C(CCOc1ccccc1)Nc1ccnn1C1CCN(C(=O)CC2CCCC2)CC1. The van der Waals surface area contributed by atoms with Crippen LogP contribution in [0.15, 0.2) is 42.6 Å². The van der Waals surface area contributed by atoms with Crippen molar-refractivity contribution in [2.45, 2.75) is 57.4 Å². The molecule has 7 nitrogen and oxygen atoms in total. The van der Waals surface area contributed by atoms with E-state index in [4.69, 9.17) is 4.74 Å². The van der Waals surface area contributed by atoms with Crippen molar-refractivity contribution in [3.8, 4) is 5.75 Å². The lowest BCUT2D eigenvalue weighted by atomic mass is 10.0. The van der Waals surface area contributed by atoms with Gasteiger partial charge in [0.2, 0.25) is 11.8 Å². The van der Waals surface area contributed by atoms with Gasteiger partial charge in [-0.05, 0) is 43.7 Å². The smallest absolute Gasteiger partial charge is 0.228 e. The van der Waals surface area contributed by atoms with Crippen molar-refractivity contribution in [1.82, 2.24) is 14.7 Å². The van der Waals surface area contributed by atoms with E-state index in [1.807, 2.05) is 46.0 Å². The first-order chi connectivity index (χ1) is 15.2. The Kier molecular flexibility index (Phi) is 7.22. The number of anilines is 1. The molecule has 0 bridgehead atoms. The molecule has 1 aromatic heterocycles. The summed E-state index contributed by atoms with van der Waals surface area (Å²) in [5, 5.41) is 7.40. The number of carbonyl (C=O) groups excluding carboxylic acids is 2. The molecule has 166 valence electrons. The van der Waals surface area contributed by atoms with Gasteiger partial charge in [-0.1, -0.05) is 31.0 Å². The number of piperidine rings is 1. The quantitative estimate of drug-likeness (QED) is 0.694. The van der Waals surface area contributed by atoms with E-state index in [0.717, 1.165) is 31.7 Å². The molecule has 0 atom stereocenters. The first kappa shape index (κ1) is 21.4. The highest BCUT2D eigenvalue weighted by Crippen LogP contribution is 2.30. The van der Waals surface area contributed by atoms with E-state index in [-0.39, 0.29) is 18.4 Å². The molecular formula is C24H32N4O3. The zero-order chi connectivity index (χ0) is 21.5. The van der Waals surface area contributed by atoms with Gasteiger partial charge < -0.3 is 15.0 Å². The van der Waals surface area contributed by atoms with Crippen molar-refractivity contribution in [2.75, 3.05) is 25.0 Å². The molecule has 2 aliphatic rings. The molecule has 0 unspecified atom stereocenters.